The molecule has 1 fully saturated rings. The van der Waals surface area contributed by atoms with Crippen LogP contribution in [0.4, 0.5) is 5.95 Å². The molecule has 0 saturated heterocycles. The van der Waals surface area contributed by atoms with Gasteiger partial charge in [0, 0.05) is 0 Å². The third-order valence-corrected chi connectivity index (χ3v) is 2.23. The molecule has 0 spiro atoms. The first-order valence-electron chi connectivity index (χ1n) is 4.03. The number of nitrogens with zero attached hydrogens (tertiary/aromatic N) is 3. The van der Waals surface area contributed by atoms with Crippen molar-refractivity contribution < 1.29 is 0 Å². The van der Waals surface area contributed by atoms with Gasteiger partial charge in [0.1, 0.15) is 6.33 Å². The predicted octanol–water partition coefficient (Wildman–Crippen LogP) is 0.975. The maximum Gasteiger partial charge on any atom is 0.239 e. The molecule has 0 aromatic carbocycles. The smallest absolute Gasteiger partial charge is 0.239 e. The van der Waals surface area contributed by atoms with E-state index < -0.39 is 0 Å². The Labute approximate surface area is 65.4 Å². The van der Waals surface area contributed by atoms with Crippen molar-refractivity contribution >= 4 is 5.95 Å². The lowest BCUT2D eigenvalue weighted by Gasteiger charge is -2.06. The molecule has 4 nitrogen and oxygen atoms in total. The van der Waals surface area contributed by atoms with Gasteiger partial charge in [-0.3, -0.25) is 0 Å². The molecule has 0 aliphatic heterocycles. The van der Waals surface area contributed by atoms with E-state index in [1.807, 2.05) is 4.68 Å². The Bertz CT molecular complexity index is 236. The van der Waals surface area contributed by atoms with Gasteiger partial charge in [0.2, 0.25) is 5.95 Å². The van der Waals surface area contributed by atoms with Gasteiger partial charge in [-0.05, 0) is 12.8 Å². The minimum absolute atomic E-state index is 0.386. The highest BCUT2D eigenvalue weighted by Crippen LogP contribution is 2.28. The third kappa shape index (κ3) is 1.20. The van der Waals surface area contributed by atoms with Gasteiger partial charge in [-0.2, -0.15) is 0 Å². The van der Waals surface area contributed by atoms with E-state index >= 15 is 0 Å². The third-order valence-electron chi connectivity index (χ3n) is 2.23. The molecule has 1 aliphatic rings. The van der Waals surface area contributed by atoms with E-state index in [4.69, 9.17) is 5.73 Å². The van der Waals surface area contributed by atoms with Crippen LogP contribution in [-0.4, -0.2) is 14.8 Å². The number of nitrogen functional groups attached to an aromatic ring is 1. The van der Waals surface area contributed by atoms with Gasteiger partial charge in [0.15, 0.2) is 0 Å². The maximum atomic E-state index is 5.40. The Morgan fingerprint density at radius 1 is 1.45 bits per heavy atom. The summed E-state index contributed by atoms with van der Waals surface area (Å²) in [6.45, 7) is 0. The second-order valence-electron chi connectivity index (χ2n) is 3.02. The molecule has 1 aliphatic carbocycles. The van der Waals surface area contributed by atoms with Crippen LogP contribution in [0.2, 0.25) is 0 Å². The summed E-state index contributed by atoms with van der Waals surface area (Å²) in [5.41, 5.74) is 5.40. The van der Waals surface area contributed by atoms with E-state index in [0.29, 0.717) is 12.0 Å². The van der Waals surface area contributed by atoms with Gasteiger partial charge >= 0.3 is 0 Å². The Hall–Kier alpha value is -1.06. The van der Waals surface area contributed by atoms with E-state index in [9.17, 15) is 0 Å². The van der Waals surface area contributed by atoms with Crippen molar-refractivity contribution in [3.8, 4) is 0 Å². The lowest BCUT2D eigenvalue weighted by atomic mass is 10.3. The molecular formula is C7H12N4. The van der Waals surface area contributed by atoms with E-state index in [1.165, 1.54) is 25.7 Å². The van der Waals surface area contributed by atoms with Gasteiger partial charge in [-0.15, -0.1) is 5.10 Å². The van der Waals surface area contributed by atoms with Crippen molar-refractivity contribution in [1.82, 2.24) is 14.8 Å². The van der Waals surface area contributed by atoms with Crippen LogP contribution in [0, 0.1) is 0 Å². The maximum absolute atomic E-state index is 5.40. The highest BCUT2D eigenvalue weighted by molar-refractivity contribution is 5.09. The fourth-order valence-electron chi connectivity index (χ4n) is 1.63. The topological polar surface area (TPSA) is 56.7 Å². The number of nitrogens with two attached hydrogens (primary N) is 1. The Morgan fingerprint density at radius 2 is 2.18 bits per heavy atom. The van der Waals surface area contributed by atoms with E-state index in [-0.39, 0.29) is 0 Å². The molecule has 2 rings (SSSR count). The van der Waals surface area contributed by atoms with Crippen molar-refractivity contribution in [2.75, 3.05) is 5.73 Å². The summed E-state index contributed by atoms with van der Waals surface area (Å²) in [6.07, 6.45) is 6.80. The fourth-order valence-corrected chi connectivity index (χ4v) is 1.63. The van der Waals surface area contributed by atoms with Gasteiger partial charge < -0.3 is 5.73 Å². The molecule has 4 heteroatoms. The quantitative estimate of drug-likeness (QED) is 0.652. The van der Waals surface area contributed by atoms with Crippen LogP contribution in [0.15, 0.2) is 6.33 Å². The molecule has 0 unspecified atom stereocenters. The average Bonchev–Trinajstić information content (AvgIpc) is 2.55. The molecule has 2 N–H and O–H groups in total. The van der Waals surface area contributed by atoms with Crippen molar-refractivity contribution in [1.29, 1.82) is 0 Å². The van der Waals surface area contributed by atoms with Gasteiger partial charge in [0.25, 0.3) is 0 Å². The molecule has 0 atom stereocenters. The summed E-state index contributed by atoms with van der Waals surface area (Å²) in [5, 5.41) is 4.08. The summed E-state index contributed by atoms with van der Waals surface area (Å²) in [5.74, 6) is 0.386. The molecule has 1 aromatic heterocycles. The van der Waals surface area contributed by atoms with E-state index in [2.05, 4.69) is 10.1 Å². The van der Waals surface area contributed by atoms with Crippen LogP contribution in [-0.2, 0) is 0 Å². The Kier molecular flexibility index (Phi) is 1.52. The van der Waals surface area contributed by atoms with E-state index in [0.717, 1.165) is 0 Å². The lowest BCUT2D eigenvalue weighted by Crippen LogP contribution is -2.05. The normalized spacial score (nSPS) is 19.3. The van der Waals surface area contributed by atoms with Gasteiger partial charge in [-0.1, -0.05) is 12.8 Å². The second-order valence-corrected chi connectivity index (χ2v) is 3.02. The Balaban J connectivity index is 2.15. The molecule has 0 radical (unpaired) electrons. The van der Waals surface area contributed by atoms with Crippen LogP contribution < -0.4 is 5.73 Å². The first kappa shape index (κ1) is 6.64. The standard InChI is InChI=1S/C7H12N4/c8-7-9-5-11(10-7)6-3-1-2-4-6/h5-6H,1-4H2,(H2,8,10). The zero-order valence-electron chi connectivity index (χ0n) is 6.40. The minimum atomic E-state index is 0.386. The van der Waals surface area contributed by atoms with Crippen molar-refractivity contribution in [3.05, 3.63) is 6.33 Å². The molecule has 11 heavy (non-hydrogen) atoms. The molecule has 0 amide bonds. The van der Waals surface area contributed by atoms with Crippen LogP contribution >= 0.6 is 0 Å². The van der Waals surface area contributed by atoms with Crippen LogP contribution in [0.1, 0.15) is 31.7 Å². The summed E-state index contributed by atoms with van der Waals surface area (Å²) >= 11 is 0. The number of anilines is 1. The van der Waals surface area contributed by atoms with Gasteiger partial charge in [0.05, 0.1) is 6.04 Å². The SMILES string of the molecule is Nc1ncn(C2CCCC2)n1. The monoisotopic (exact) mass is 152 g/mol. The summed E-state index contributed by atoms with van der Waals surface area (Å²) in [7, 11) is 0. The first-order chi connectivity index (χ1) is 5.36. The van der Waals surface area contributed by atoms with Crippen molar-refractivity contribution in [3.63, 3.8) is 0 Å². The lowest BCUT2D eigenvalue weighted by molar-refractivity contribution is 0.467. The molecule has 1 saturated carbocycles. The highest BCUT2D eigenvalue weighted by atomic mass is 15.4. The number of aromatic nitrogens is 3. The molecule has 60 valence electrons. The predicted molar refractivity (Wildman–Crippen MR) is 41.9 cm³/mol. The average molecular weight is 152 g/mol. The zero-order valence-corrected chi connectivity index (χ0v) is 6.40. The van der Waals surface area contributed by atoms with Crippen molar-refractivity contribution in [2.24, 2.45) is 0 Å². The van der Waals surface area contributed by atoms with Crippen molar-refractivity contribution in [2.45, 2.75) is 31.7 Å². The zero-order chi connectivity index (χ0) is 7.68. The van der Waals surface area contributed by atoms with Crippen LogP contribution in [0.5, 0.6) is 0 Å². The molecule has 1 aromatic rings. The first-order valence-corrected chi connectivity index (χ1v) is 4.03. The molecule has 1 heterocycles. The largest absolute Gasteiger partial charge is 0.367 e. The highest BCUT2D eigenvalue weighted by Gasteiger charge is 2.17. The fraction of sp³-hybridized carbons (Fsp3) is 0.714. The summed E-state index contributed by atoms with van der Waals surface area (Å²) < 4.78 is 1.89. The van der Waals surface area contributed by atoms with Crippen LogP contribution in [0.3, 0.4) is 0 Å². The Morgan fingerprint density at radius 3 is 2.73 bits per heavy atom. The number of hydrogen-bond acceptors (Lipinski definition) is 3. The minimum Gasteiger partial charge on any atom is -0.367 e. The van der Waals surface area contributed by atoms with Gasteiger partial charge in [-0.25, -0.2) is 9.67 Å². The summed E-state index contributed by atoms with van der Waals surface area (Å²) in [4.78, 5) is 3.89. The van der Waals surface area contributed by atoms with E-state index in [1.54, 1.807) is 6.33 Å². The van der Waals surface area contributed by atoms with Crippen LogP contribution in [0.25, 0.3) is 0 Å². The number of hydrogen-bond donors (Lipinski definition) is 1. The number of rotatable bonds is 1. The molecular weight excluding hydrogens is 140 g/mol. The summed E-state index contributed by atoms with van der Waals surface area (Å²) in [6, 6.07) is 0.555. The molecule has 0 bridgehead atoms. The second kappa shape index (κ2) is 2.53.